The Kier molecular flexibility index (Phi) is 6.06. The third kappa shape index (κ3) is 5.51. The number of amides is 1. The lowest BCUT2D eigenvalue weighted by Crippen LogP contribution is -2.29. The monoisotopic (exact) mass is 431 g/mol. The Morgan fingerprint density at radius 3 is 2.43 bits per heavy atom. The van der Waals surface area contributed by atoms with Crippen LogP contribution in [0, 0.1) is 17.8 Å². The predicted molar refractivity (Wildman–Crippen MR) is 117 cm³/mol. The van der Waals surface area contributed by atoms with E-state index in [1.54, 1.807) is 11.3 Å². The molecule has 1 unspecified atom stereocenters. The van der Waals surface area contributed by atoms with E-state index < -0.39 is 5.60 Å². The van der Waals surface area contributed by atoms with Crippen molar-refractivity contribution in [2.75, 3.05) is 6.54 Å². The molecule has 2 saturated carbocycles. The summed E-state index contributed by atoms with van der Waals surface area (Å²) in [5.74, 6) is 1.07. The molecule has 1 aromatic heterocycles. The molecule has 30 heavy (non-hydrogen) atoms. The highest BCUT2D eigenvalue weighted by atomic mass is 32.1. The van der Waals surface area contributed by atoms with Gasteiger partial charge in [-0.3, -0.25) is 14.4 Å². The molecule has 1 atom stereocenters. The summed E-state index contributed by atoms with van der Waals surface area (Å²) in [6.07, 6.45) is 7.63. The molecule has 0 bridgehead atoms. The number of hydrogen-bond acceptors (Lipinski definition) is 5. The normalized spacial score (nSPS) is 21.1. The van der Waals surface area contributed by atoms with Crippen molar-refractivity contribution in [3.05, 3.63) is 20.9 Å². The molecule has 0 spiro atoms. The predicted octanol–water partition coefficient (Wildman–Crippen LogP) is 4.25. The van der Waals surface area contributed by atoms with E-state index >= 15 is 0 Å². The lowest BCUT2D eigenvalue weighted by Gasteiger charge is -2.25. The van der Waals surface area contributed by atoms with E-state index in [9.17, 15) is 14.4 Å². The van der Waals surface area contributed by atoms with Crippen LogP contribution in [0.25, 0.3) is 0 Å². The smallest absolute Gasteiger partial charge is 0.306 e. The lowest BCUT2D eigenvalue weighted by molar-refractivity contribution is -0.156. The Balaban J connectivity index is 1.51. The number of rotatable bonds is 8. The van der Waals surface area contributed by atoms with E-state index in [2.05, 4.69) is 5.32 Å². The van der Waals surface area contributed by atoms with Gasteiger partial charge in [0.25, 0.3) is 5.91 Å². The van der Waals surface area contributed by atoms with Crippen LogP contribution in [0.4, 0.5) is 0 Å². The maximum absolute atomic E-state index is 13.1. The van der Waals surface area contributed by atoms with Crippen LogP contribution >= 0.6 is 11.3 Å². The Morgan fingerprint density at radius 2 is 1.80 bits per heavy atom. The molecule has 6 heteroatoms. The number of thiophene rings is 1. The first kappa shape index (κ1) is 21.5. The van der Waals surface area contributed by atoms with Crippen molar-refractivity contribution < 1.29 is 19.1 Å². The van der Waals surface area contributed by atoms with Crippen molar-refractivity contribution in [3.8, 4) is 0 Å². The summed E-state index contributed by atoms with van der Waals surface area (Å²) in [4.78, 5) is 40.1. The molecule has 1 heterocycles. The van der Waals surface area contributed by atoms with E-state index in [0.29, 0.717) is 18.8 Å². The van der Waals surface area contributed by atoms with Gasteiger partial charge in [-0.05, 0) is 83.1 Å². The molecule has 3 aliphatic carbocycles. The third-order valence-corrected chi connectivity index (χ3v) is 7.45. The van der Waals surface area contributed by atoms with E-state index in [-0.39, 0.29) is 29.5 Å². The molecule has 1 aromatic rings. The molecule has 164 valence electrons. The molecule has 0 aliphatic heterocycles. The fraction of sp³-hybridized carbons (Fsp3) is 0.708. The molecule has 1 N–H and O–H groups in total. The summed E-state index contributed by atoms with van der Waals surface area (Å²) in [6.45, 7) is 6.37. The fourth-order valence-corrected chi connectivity index (χ4v) is 5.61. The van der Waals surface area contributed by atoms with Crippen LogP contribution in [-0.4, -0.2) is 29.8 Å². The van der Waals surface area contributed by atoms with Crippen molar-refractivity contribution in [2.45, 2.75) is 84.2 Å². The Labute approximate surface area is 183 Å². The van der Waals surface area contributed by atoms with Crippen LogP contribution in [0.1, 0.15) is 85.0 Å². The van der Waals surface area contributed by atoms with Crippen LogP contribution in [0.2, 0.25) is 0 Å². The molecule has 1 amide bonds. The molecule has 3 aliphatic rings. The number of ether oxygens (including phenoxy) is 1. The standard InChI is InChI=1S/C24H33NO4S/c1-24(2,3)29-21(27)11-15-6-9-19-17(10-15)22(23(28)25-13-14-4-5-14)20(30-19)12-18(26)16-7-8-16/h14-16H,4-13H2,1-3H3,(H,25,28). The highest BCUT2D eigenvalue weighted by Gasteiger charge is 2.35. The van der Waals surface area contributed by atoms with Gasteiger partial charge < -0.3 is 10.1 Å². The first-order chi connectivity index (χ1) is 14.2. The molecule has 2 fully saturated rings. The van der Waals surface area contributed by atoms with Gasteiger partial charge in [0.15, 0.2) is 0 Å². The average Bonchev–Trinajstić information content (AvgIpc) is 3.55. The van der Waals surface area contributed by atoms with Gasteiger partial charge in [-0.15, -0.1) is 11.3 Å². The summed E-state index contributed by atoms with van der Waals surface area (Å²) in [5, 5.41) is 3.11. The van der Waals surface area contributed by atoms with Gasteiger partial charge in [0.2, 0.25) is 0 Å². The quantitative estimate of drug-likeness (QED) is 0.625. The van der Waals surface area contributed by atoms with E-state index in [1.165, 1.54) is 17.7 Å². The molecular weight excluding hydrogens is 398 g/mol. The van der Waals surface area contributed by atoms with Gasteiger partial charge in [0, 0.05) is 35.1 Å². The Hall–Kier alpha value is -1.69. The van der Waals surface area contributed by atoms with Crippen molar-refractivity contribution in [2.24, 2.45) is 17.8 Å². The van der Waals surface area contributed by atoms with Crippen molar-refractivity contribution in [1.29, 1.82) is 0 Å². The highest BCUT2D eigenvalue weighted by Crippen LogP contribution is 2.40. The first-order valence-corrected chi connectivity index (χ1v) is 12.2. The number of aryl methyl sites for hydroxylation is 1. The lowest BCUT2D eigenvalue weighted by atomic mass is 9.83. The van der Waals surface area contributed by atoms with Gasteiger partial charge in [0.05, 0.1) is 5.56 Å². The minimum Gasteiger partial charge on any atom is -0.460 e. The Morgan fingerprint density at radius 1 is 1.07 bits per heavy atom. The zero-order valence-electron chi connectivity index (χ0n) is 18.3. The average molecular weight is 432 g/mol. The fourth-order valence-electron chi connectivity index (χ4n) is 4.25. The molecule has 0 aromatic carbocycles. The van der Waals surface area contributed by atoms with Crippen LogP contribution < -0.4 is 5.32 Å². The van der Waals surface area contributed by atoms with Crippen molar-refractivity contribution in [1.82, 2.24) is 5.32 Å². The second-order valence-electron chi connectivity index (χ2n) is 10.3. The number of Topliss-reactive ketones (excluding diaryl/α,β-unsaturated/α-hetero) is 1. The van der Waals surface area contributed by atoms with Gasteiger partial charge in [-0.1, -0.05) is 0 Å². The summed E-state index contributed by atoms with van der Waals surface area (Å²) in [6, 6.07) is 0. The second-order valence-corrected chi connectivity index (χ2v) is 11.5. The van der Waals surface area contributed by atoms with Crippen molar-refractivity contribution in [3.63, 3.8) is 0 Å². The van der Waals surface area contributed by atoms with Crippen LogP contribution in [0.15, 0.2) is 0 Å². The molecule has 4 rings (SSSR count). The van der Waals surface area contributed by atoms with Crippen LogP contribution in [0.3, 0.4) is 0 Å². The summed E-state index contributed by atoms with van der Waals surface area (Å²) in [5.41, 5.74) is 1.33. The number of carbonyl (C=O) groups excluding carboxylic acids is 3. The van der Waals surface area contributed by atoms with E-state index in [1.807, 2.05) is 20.8 Å². The van der Waals surface area contributed by atoms with Gasteiger partial charge in [0.1, 0.15) is 11.4 Å². The molecule has 0 radical (unpaired) electrons. The molecular formula is C24H33NO4S. The summed E-state index contributed by atoms with van der Waals surface area (Å²) >= 11 is 1.65. The first-order valence-electron chi connectivity index (χ1n) is 11.4. The Bertz CT molecular complexity index is 842. The summed E-state index contributed by atoms with van der Waals surface area (Å²) in [7, 11) is 0. The number of hydrogen-bond donors (Lipinski definition) is 1. The van der Waals surface area contributed by atoms with E-state index in [0.717, 1.165) is 54.7 Å². The molecule has 0 saturated heterocycles. The largest absolute Gasteiger partial charge is 0.460 e. The van der Waals surface area contributed by atoms with Crippen molar-refractivity contribution >= 4 is 29.0 Å². The SMILES string of the molecule is CC(C)(C)OC(=O)CC1CCc2sc(CC(=O)C3CC3)c(C(=O)NCC3CC3)c2C1. The maximum atomic E-state index is 13.1. The highest BCUT2D eigenvalue weighted by molar-refractivity contribution is 7.12. The number of fused-ring (bicyclic) bond motifs is 1. The third-order valence-electron chi connectivity index (χ3n) is 6.15. The number of esters is 1. The minimum absolute atomic E-state index is 0.0316. The van der Waals surface area contributed by atoms with Crippen LogP contribution in [-0.2, 0) is 33.6 Å². The number of nitrogens with one attached hydrogen (secondary N) is 1. The molecule has 5 nitrogen and oxygen atoms in total. The zero-order chi connectivity index (χ0) is 21.5. The van der Waals surface area contributed by atoms with Gasteiger partial charge >= 0.3 is 5.97 Å². The van der Waals surface area contributed by atoms with Gasteiger partial charge in [-0.2, -0.15) is 0 Å². The number of ketones is 1. The maximum Gasteiger partial charge on any atom is 0.306 e. The zero-order valence-corrected chi connectivity index (χ0v) is 19.2. The number of carbonyl (C=O) groups is 3. The minimum atomic E-state index is -0.483. The topological polar surface area (TPSA) is 72.5 Å². The summed E-state index contributed by atoms with van der Waals surface area (Å²) < 4.78 is 5.51. The van der Waals surface area contributed by atoms with Crippen LogP contribution in [0.5, 0.6) is 0 Å². The van der Waals surface area contributed by atoms with Gasteiger partial charge in [-0.25, -0.2) is 0 Å². The second kappa shape index (κ2) is 8.45. The van der Waals surface area contributed by atoms with E-state index in [4.69, 9.17) is 4.74 Å².